The van der Waals surface area contributed by atoms with Crippen molar-refractivity contribution >= 4 is 41.7 Å². The molecule has 3 heterocycles. The van der Waals surface area contributed by atoms with E-state index in [4.69, 9.17) is 37.5 Å². The summed E-state index contributed by atoms with van der Waals surface area (Å²) >= 11 is 12.6. The van der Waals surface area contributed by atoms with E-state index in [1.807, 2.05) is 6.07 Å². The number of pyridine rings is 1. The monoisotopic (exact) mass is 479 g/mol. The number of hydrogen-bond donors (Lipinski definition) is 1. The van der Waals surface area contributed by atoms with Crippen molar-refractivity contribution in [2.75, 3.05) is 19.3 Å². The van der Waals surface area contributed by atoms with Gasteiger partial charge >= 0.3 is 7.60 Å². The normalized spacial score (nSPS) is 18.4. The standard InChI is InChI=1S/C20H20Cl2N5O3P/c21-16-5-4-15-17(27-9-8-25-13-27)11-18(26-20(15)19(16)22)30-31(28,10-2-6-23)29-14-3-1-7-24-12-14/h4-5,8-9,11,13-14,24H,1-3,7,10,12H2. The molecule has 8 nitrogen and oxygen atoms in total. The molecule has 11 heteroatoms. The second-order valence-corrected chi connectivity index (χ2v) is 9.96. The molecule has 31 heavy (non-hydrogen) atoms. The summed E-state index contributed by atoms with van der Waals surface area (Å²) < 4.78 is 27.1. The number of imidazole rings is 1. The fraction of sp³-hybridized carbons (Fsp3) is 0.350. The van der Waals surface area contributed by atoms with E-state index in [9.17, 15) is 4.57 Å². The third kappa shape index (κ3) is 5.03. The lowest BCUT2D eigenvalue weighted by Gasteiger charge is -2.27. The van der Waals surface area contributed by atoms with E-state index in [0.29, 0.717) is 22.8 Å². The lowest BCUT2D eigenvalue weighted by atomic mass is 10.1. The highest BCUT2D eigenvalue weighted by molar-refractivity contribution is 7.54. The first-order chi connectivity index (χ1) is 15.0. The van der Waals surface area contributed by atoms with Gasteiger partial charge in [0, 0.05) is 36.8 Å². The maximum Gasteiger partial charge on any atom is 0.381 e. The molecule has 1 aliphatic heterocycles. The molecule has 0 spiro atoms. The van der Waals surface area contributed by atoms with Gasteiger partial charge < -0.3 is 14.4 Å². The van der Waals surface area contributed by atoms with Crippen molar-refractivity contribution in [3.05, 3.63) is 47.0 Å². The number of nitrogens with one attached hydrogen (secondary N) is 1. The Morgan fingerprint density at radius 1 is 1.39 bits per heavy atom. The number of nitriles is 1. The van der Waals surface area contributed by atoms with Gasteiger partial charge in [-0.25, -0.2) is 14.5 Å². The molecule has 1 aromatic carbocycles. The maximum absolute atomic E-state index is 13.6. The zero-order valence-corrected chi connectivity index (χ0v) is 18.9. The molecule has 0 radical (unpaired) electrons. The lowest BCUT2D eigenvalue weighted by molar-refractivity contribution is 0.148. The molecule has 1 fully saturated rings. The average molecular weight is 480 g/mol. The first-order valence-electron chi connectivity index (χ1n) is 9.81. The fourth-order valence-corrected chi connectivity index (χ4v) is 5.43. The first kappa shape index (κ1) is 22.1. The predicted molar refractivity (Wildman–Crippen MR) is 119 cm³/mol. The smallest absolute Gasteiger partial charge is 0.381 e. The van der Waals surface area contributed by atoms with Crippen LogP contribution in [-0.4, -0.2) is 39.9 Å². The van der Waals surface area contributed by atoms with Gasteiger partial charge in [-0.15, -0.1) is 0 Å². The Hall–Kier alpha value is -2.14. The predicted octanol–water partition coefficient (Wildman–Crippen LogP) is 4.98. The summed E-state index contributed by atoms with van der Waals surface area (Å²) in [7, 11) is -3.65. The Labute approximate surface area is 189 Å². The summed E-state index contributed by atoms with van der Waals surface area (Å²) in [6.45, 7) is 1.47. The third-order valence-electron chi connectivity index (χ3n) is 4.90. The number of halogens is 2. The molecular formula is C20H20Cl2N5O3P. The number of benzene rings is 1. The van der Waals surface area contributed by atoms with Crippen molar-refractivity contribution in [3.8, 4) is 17.6 Å². The average Bonchev–Trinajstić information content (AvgIpc) is 3.30. The topological polar surface area (TPSA) is 102 Å². The highest BCUT2D eigenvalue weighted by Crippen LogP contribution is 2.51. The van der Waals surface area contributed by atoms with Crippen molar-refractivity contribution in [1.29, 1.82) is 5.26 Å². The number of piperidine rings is 1. The van der Waals surface area contributed by atoms with Crippen molar-refractivity contribution in [1.82, 2.24) is 19.9 Å². The van der Waals surface area contributed by atoms with Crippen LogP contribution in [0.25, 0.3) is 16.6 Å². The molecule has 0 bridgehead atoms. The van der Waals surface area contributed by atoms with Crippen LogP contribution in [0.4, 0.5) is 0 Å². The summed E-state index contributed by atoms with van der Waals surface area (Å²) in [4.78, 5) is 8.56. The molecule has 2 atom stereocenters. The minimum atomic E-state index is -3.65. The zero-order valence-electron chi connectivity index (χ0n) is 16.5. The summed E-state index contributed by atoms with van der Waals surface area (Å²) in [5.74, 6) is 0.0745. The third-order valence-corrected chi connectivity index (χ3v) is 7.55. The molecule has 0 aliphatic carbocycles. The minimum absolute atomic E-state index is 0.0337. The van der Waals surface area contributed by atoms with Crippen molar-refractivity contribution in [2.45, 2.75) is 25.4 Å². The van der Waals surface area contributed by atoms with Crippen molar-refractivity contribution in [2.24, 2.45) is 0 Å². The molecule has 4 rings (SSSR count). The Morgan fingerprint density at radius 2 is 2.26 bits per heavy atom. The molecule has 1 aliphatic rings. The molecule has 3 aromatic rings. The van der Waals surface area contributed by atoms with E-state index < -0.39 is 7.60 Å². The summed E-state index contributed by atoms with van der Waals surface area (Å²) in [6, 6.07) is 7.14. The number of nitrogens with zero attached hydrogens (tertiary/aromatic N) is 4. The second kappa shape index (κ2) is 9.56. The van der Waals surface area contributed by atoms with E-state index in [0.717, 1.165) is 24.8 Å². The van der Waals surface area contributed by atoms with Gasteiger partial charge in [0.05, 0.1) is 45.9 Å². The number of fused-ring (bicyclic) bond motifs is 1. The number of rotatable bonds is 7. The lowest BCUT2D eigenvalue weighted by Crippen LogP contribution is -2.35. The van der Waals surface area contributed by atoms with Gasteiger partial charge in [0.2, 0.25) is 5.88 Å². The summed E-state index contributed by atoms with van der Waals surface area (Å²) in [5, 5.41) is 13.6. The van der Waals surface area contributed by atoms with Gasteiger partial charge in [0.15, 0.2) is 0 Å². The molecule has 0 amide bonds. The minimum Gasteiger partial charge on any atom is -0.406 e. The number of aromatic nitrogens is 3. The van der Waals surface area contributed by atoms with Gasteiger partial charge in [-0.2, -0.15) is 5.26 Å². The van der Waals surface area contributed by atoms with Crippen molar-refractivity contribution < 1.29 is 13.6 Å². The zero-order chi connectivity index (χ0) is 21.8. The van der Waals surface area contributed by atoms with Crippen LogP contribution < -0.4 is 9.84 Å². The van der Waals surface area contributed by atoms with Crippen LogP contribution in [0.2, 0.25) is 10.0 Å². The molecule has 162 valence electrons. The molecule has 2 aromatic heterocycles. The van der Waals surface area contributed by atoms with Crippen LogP contribution in [0, 0.1) is 11.3 Å². The van der Waals surface area contributed by atoms with Gasteiger partial charge in [-0.1, -0.05) is 23.2 Å². The summed E-state index contributed by atoms with van der Waals surface area (Å²) in [5.41, 5.74) is 1.09. The quantitative estimate of drug-likeness (QED) is 0.476. The largest absolute Gasteiger partial charge is 0.406 e. The molecule has 1 saturated heterocycles. The highest BCUT2D eigenvalue weighted by atomic mass is 35.5. The molecule has 1 N–H and O–H groups in total. The second-order valence-electron chi connectivity index (χ2n) is 7.11. The van der Waals surface area contributed by atoms with E-state index in [-0.39, 0.29) is 29.6 Å². The Bertz CT molecular complexity index is 1160. The molecule has 0 saturated carbocycles. The van der Waals surface area contributed by atoms with Gasteiger partial charge in [0.1, 0.15) is 0 Å². The van der Waals surface area contributed by atoms with Crippen LogP contribution in [0.1, 0.15) is 19.3 Å². The van der Waals surface area contributed by atoms with Gasteiger partial charge in [0.25, 0.3) is 0 Å². The van der Waals surface area contributed by atoms with E-state index in [1.54, 1.807) is 41.5 Å². The van der Waals surface area contributed by atoms with E-state index in [1.165, 1.54) is 0 Å². The Morgan fingerprint density at radius 3 is 2.97 bits per heavy atom. The summed E-state index contributed by atoms with van der Waals surface area (Å²) in [6.07, 6.45) is 6.44. The van der Waals surface area contributed by atoms with Crippen LogP contribution >= 0.6 is 30.8 Å². The Balaban J connectivity index is 1.75. The van der Waals surface area contributed by atoms with Crippen molar-refractivity contribution in [3.63, 3.8) is 0 Å². The first-order valence-corrected chi connectivity index (χ1v) is 12.3. The number of hydrogen-bond acceptors (Lipinski definition) is 7. The van der Waals surface area contributed by atoms with Gasteiger partial charge in [-0.05, 0) is 31.5 Å². The van der Waals surface area contributed by atoms with Crippen LogP contribution in [-0.2, 0) is 9.09 Å². The van der Waals surface area contributed by atoms with Crippen LogP contribution in [0.15, 0.2) is 36.9 Å². The van der Waals surface area contributed by atoms with E-state index in [2.05, 4.69) is 15.3 Å². The van der Waals surface area contributed by atoms with Gasteiger partial charge in [-0.3, -0.25) is 4.52 Å². The van der Waals surface area contributed by atoms with Crippen LogP contribution in [0.3, 0.4) is 0 Å². The highest BCUT2D eigenvalue weighted by Gasteiger charge is 2.32. The fourth-order valence-electron chi connectivity index (χ4n) is 3.44. The SMILES string of the molecule is N#CCCP(=O)(Oc1cc(-n2ccnc2)c2ccc(Cl)c(Cl)c2n1)OC1CCCNC1. The van der Waals surface area contributed by atoms with E-state index >= 15 is 0 Å². The van der Waals surface area contributed by atoms with Crippen LogP contribution in [0.5, 0.6) is 5.88 Å². The molecular weight excluding hydrogens is 460 g/mol. The Kier molecular flexibility index (Phi) is 6.80. The maximum atomic E-state index is 13.6. The molecule has 2 unspecified atom stereocenters.